The minimum Gasteiger partial charge on any atom is -0.478 e. The van der Waals surface area contributed by atoms with Gasteiger partial charge in [-0.2, -0.15) is 0 Å². The zero-order valence-electron chi connectivity index (χ0n) is 24.5. The molecule has 0 amide bonds. The molecular formula is C35H36N4O3. The number of nitrogens with zero attached hydrogens (tertiary/aromatic N) is 4. The van der Waals surface area contributed by atoms with Gasteiger partial charge in [0.2, 0.25) is 0 Å². The van der Waals surface area contributed by atoms with Crippen LogP contribution in [0.5, 0.6) is 0 Å². The number of imidazole rings is 2. The zero-order valence-corrected chi connectivity index (χ0v) is 24.5. The average Bonchev–Trinajstić information content (AvgIpc) is 3.51. The maximum Gasteiger partial charge on any atom is 0.336 e. The fourth-order valence-electron chi connectivity index (χ4n) is 5.46. The van der Waals surface area contributed by atoms with Crippen LogP contribution in [0.15, 0.2) is 84.9 Å². The van der Waals surface area contributed by atoms with Crippen molar-refractivity contribution in [1.82, 2.24) is 19.1 Å². The first kappa shape index (κ1) is 28.8. The van der Waals surface area contributed by atoms with Crippen molar-refractivity contribution in [1.29, 1.82) is 0 Å². The zero-order chi connectivity index (χ0) is 29.8. The highest BCUT2D eigenvalue weighted by Crippen LogP contribution is 2.31. The van der Waals surface area contributed by atoms with Gasteiger partial charge in [0.1, 0.15) is 11.6 Å². The van der Waals surface area contributed by atoms with Crippen molar-refractivity contribution in [2.45, 2.75) is 40.2 Å². The molecule has 0 saturated carbocycles. The SMILES string of the molecule is CCCc1nc2c(C)cc(-c3nc4ccccc4n3C)cc2n1Cc1ccc(-c2ccccc2C(=O)O)cc1.CCO. The summed E-state index contributed by atoms with van der Waals surface area (Å²) in [5.74, 6) is 1.08. The second kappa shape index (κ2) is 12.4. The molecular weight excluding hydrogens is 524 g/mol. The van der Waals surface area contributed by atoms with Gasteiger partial charge in [-0.25, -0.2) is 14.8 Å². The number of hydrogen-bond donors (Lipinski definition) is 2. The van der Waals surface area contributed by atoms with Gasteiger partial charge in [0, 0.05) is 32.2 Å². The number of benzene rings is 4. The van der Waals surface area contributed by atoms with E-state index in [0.29, 0.717) is 12.1 Å². The van der Waals surface area contributed by atoms with Gasteiger partial charge < -0.3 is 19.3 Å². The minimum absolute atomic E-state index is 0.250. The van der Waals surface area contributed by atoms with Crippen LogP contribution in [0, 0.1) is 6.92 Å². The fourth-order valence-corrected chi connectivity index (χ4v) is 5.46. The second-order valence-corrected chi connectivity index (χ2v) is 10.4. The number of carboxylic acids is 1. The van der Waals surface area contributed by atoms with Crippen LogP contribution in [0.25, 0.3) is 44.6 Å². The minimum atomic E-state index is -0.921. The Balaban J connectivity index is 0.00000113. The van der Waals surface area contributed by atoms with Gasteiger partial charge in [0.25, 0.3) is 0 Å². The molecule has 7 heteroatoms. The number of fused-ring (bicyclic) bond motifs is 2. The molecule has 0 spiro atoms. The third-order valence-corrected chi connectivity index (χ3v) is 7.41. The summed E-state index contributed by atoms with van der Waals surface area (Å²) in [6.45, 7) is 6.91. The van der Waals surface area contributed by atoms with Crippen molar-refractivity contribution in [2.75, 3.05) is 6.61 Å². The van der Waals surface area contributed by atoms with Gasteiger partial charge in [0.15, 0.2) is 0 Å². The topological polar surface area (TPSA) is 93.2 Å². The number of carboxylic acid groups (broad SMARTS) is 1. The number of aromatic carboxylic acids is 1. The second-order valence-electron chi connectivity index (χ2n) is 10.4. The molecule has 0 radical (unpaired) electrons. The summed E-state index contributed by atoms with van der Waals surface area (Å²) in [6, 6.07) is 27.9. The standard InChI is InChI=1S/C33H30N4O2.C2H6O/c1-4-9-30-35-31-21(2)18-24(32-34-27-12-7-8-13-28(27)36(32)3)19-29(31)37(30)20-22-14-16-23(17-15-22)25-10-5-6-11-26(25)33(38)39;1-2-3/h5-8,10-19H,4,9,20H2,1-3H3,(H,38,39);3H,2H2,1H3. The molecule has 2 aromatic heterocycles. The Kier molecular flexibility index (Phi) is 8.50. The molecule has 0 saturated heterocycles. The largest absolute Gasteiger partial charge is 0.478 e. The van der Waals surface area contributed by atoms with E-state index < -0.39 is 5.97 Å². The Morgan fingerprint density at radius 3 is 2.24 bits per heavy atom. The summed E-state index contributed by atoms with van der Waals surface area (Å²) in [6.07, 6.45) is 1.89. The van der Waals surface area contributed by atoms with Crippen molar-refractivity contribution in [3.8, 4) is 22.5 Å². The molecule has 0 atom stereocenters. The molecule has 0 fully saturated rings. The normalized spacial score (nSPS) is 11.1. The molecule has 2 heterocycles. The van der Waals surface area contributed by atoms with Gasteiger partial charge >= 0.3 is 5.97 Å². The van der Waals surface area contributed by atoms with Gasteiger partial charge in [-0.15, -0.1) is 0 Å². The van der Waals surface area contributed by atoms with Gasteiger partial charge in [0.05, 0.1) is 27.6 Å². The molecule has 7 nitrogen and oxygen atoms in total. The van der Waals surface area contributed by atoms with Crippen molar-refractivity contribution < 1.29 is 15.0 Å². The van der Waals surface area contributed by atoms with Crippen LogP contribution < -0.4 is 0 Å². The molecule has 2 N–H and O–H groups in total. The van der Waals surface area contributed by atoms with Gasteiger partial charge in [-0.1, -0.05) is 61.5 Å². The van der Waals surface area contributed by atoms with Crippen molar-refractivity contribution in [2.24, 2.45) is 7.05 Å². The number of carbonyl (C=O) groups is 1. The lowest BCUT2D eigenvalue weighted by atomic mass is 9.98. The Bertz CT molecular complexity index is 1870. The van der Waals surface area contributed by atoms with E-state index in [4.69, 9.17) is 15.1 Å². The number of aliphatic hydroxyl groups excluding tert-OH is 1. The van der Waals surface area contributed by atoms with Crippen LogP contribution in [0.1, 0.15) is 47.6 Å². The molecule has 0 aliphatic heterocycles. The van der Waals surface area contributed by atoms with Crippen LogP contribution in [-0.4, -0.2) is 41.9 Å². The average molecular weight is 561 g/mol. The first-order valence-electron chi connectivity index (χ1n) is 14.3. The Morgan fingerprint density at radius 2 is 1.55 bits per heavy atom. The molecule has 0 unspecified atom stereocenters. The summed E-state index contributed by atoms with van der Waals surface area (Å²) < 4.78 is 4.47. The molecule has 6 aromatic rings. The van der Waals surface area contributed by atoms with Crippen LogP contribution in [0.4, 0.5) is 0 Å². The molecule has 0 aliphatic rings. The smallest absolute Gasteiger partial charge is 0.336 e. The first-order valence-corrected chi connectivity index (χ1v) is 14.3. The lowest BCUT2D eigenvalue weighted by molar-refractivity contribution is 0.0697. The van der Waals surface area contributed by atoms with E-state index in [1.165, 1.54) is 0 Å². The maximum atomic E-state index is 11.7. The first-order chi connectivity index (χ1) is 20.4. The van der Waals surface area contributed by atoms with E-state index in [1.54, 1.807) is 19.1 Å². The van der Waals surface area contributed by atoms with E-state index in [2.05, 4.69) is 60.4 Å². The maximum absolute atomic E-state index is 11.7. The quantitative estimate of drug-likeness (QED) is 0.214. The summed E-state index contributed by atoms with van der Waals surface area (Å²) in [5.41, 5.74) is 9.46. The van der Waals surface area contributed by atoms with E-state index in [1.807, 2.05) is 42.5 Å². The lowest BCUT2D eigenvalue weighted by Crippen LogP contribution is -2.05. The molecule has 4 aromatic carbocycles. The predicted octanol–water partition coefficient (Wildman–Crippen LogP) is 7.26. The Labute approximate surface area is 245 Å². The van der Waals surface area contributed by atoms with E-state index in [0.717, 1.165) is 74.4 Å². The third kappa shape index (κ3) is 5.56. The van der Waals surface area contributed by atoms with Gasteiger partial charge in [-0.05, 0) is 72.9 Å². The van der Waals surface area contributed by atoms with E-state index in [9.17, 15) is 9.90 Å². The lowest BCUT2D eigenvalue weighted by Gasteiger charge is -2.12. The van der Waals surface area contributed by atoms with Gasteiger partial charge in [-0.3, -0.25) is 0 Å². The number of hydrogen-bond acceptors (Lipinski definition) is 4. The highest BCUT2D eigenvalue weighted by atomic mass is 16.4. The van der Waals surface area contributed by atoms with Crippen LogP contribution in [0.3, 0.4) is 0 Å². The molecule has 42 heavy (non-hydrogen) atoms. The Hall–Kier alpha value is -4.75. The number of aryl methyl sites for hydroxylation is 3. The number of rotatable bonds is 7. The summed E-state index contributed by atoms with van der Waals surface area (Å²) in [4.78, 5) is 21.7. The fraction of sp³-hybridized carbons (Fsp3) is 0.229. The molecule has 214 valence electrons. The van der Waals surface area contributed by atoms with Crippen LogP contribution >= 0.6 is 0 Å². The van der Waals surface area contributed by atoms with Crippen molar-refractivity contribution >= 4 is 28.0 Å². The van der Waals surface area contributed by atoms with Crippen LogP contribution in [0.2, 0.25) is 0 Å². The highest BCUT2D eigenvalue weighted by molar-refractivity contribution is 5.96. The highest BCUT2D eigenvalue weighted by Gasteiger charge is 2.17. The summed E-state index contributed by atoms with van der Waals surface area (Å²) in [7, 11) is 2.06. The monoisotopic (exact) mass is 560 g/mol. The summed E-state index contributed by atoms with van der Waals surface area (Å²) in [5, 5.41) is 17.2. The Morgan fingerprint density at radius 1 is 0.857 bits per heavy atom. The molecule has 0 aliphatic carbocycles. The number of aliphatic hydroxyl groups is 1. The number of aromatic nitrogens is 4. The third-order valence-electron chi connectivity index (χ3n) is 7.41. The van der Waals surface area contributed by atoms with E-state index in [-0.39, 0.29) is 6.61 Å². The summed E-state index contributed by atoms with van der Waals surface area (Å²) >= 11 is 0. The van der Waals surface area contributed by atoms with E-state index >= 15 is 0 Å². The number of para-hydroxylation sites is 2. The predicted molar refractivity (Wildman–Crippen MR) is 169 cm³/mol. The molecule has 0 bridgehead atoms. The van der Waals surface area contributed by atoms with Crippen molar-refractivity contribution in [3.63, 3.8) is 0 Å². The molecule has 6 rings (SSSR count). The van der Waals surface area contributed by atoms with Crippen LogP contribution in [-0.2, 0) is 20.0 Å². The van der Waals surface area contributed by atoms with Crippen molar-refractivity contribution in [3.05, 3.63) is 107 Å².